The maximum absolute atomic E-state index is 5.75. The second-order valence-electron chi connectivity index (χ2n) is 6.36. The molecule has 0 fully saturated rings. The summed E-state index contributed by atoms with van der Waals surface area (Å²) in [4.78, 5) is 9.29. The summed E-state index contributed by atoms with van der Waals surface area (Å²) < 4.78 is 11.4. The van der Waals surface area contributed by atoms with Crippen molar-refractivity contribution in [1.82, 2.24) is 10.3 Å². The van der Waals surface area contributed by atoms with E-state index in [0.29, 0.717) is 25.7 Å². The molecule has 1 aliphatic heterocycles. The molecule has 2 heterocycles. The molecule has 0 saturated carbocycles. The van der Waals surface area contributed by atoms with Gasteiger partial charge in [-0.25, -0.2) is 9.98 Å². The average molecular weight is 375 g/mol. The van der Waals surface area contributed by atoms with E-state index in [1.54, 1.807) is 11.3 Å². The van der Waals surface area contributed by atoms with Crippen molar-refractivity contribution in [2.45, 2.75) is 39.7 Å². The van der Waals surface area contributed by atoms with Gasteiger partial charge in [0, 0.05) is 36.0 Å². The molecule has 2 N–H and O–H groups in total. The maximum atomic E-state index is 5.75. The summed E-state index contributed by atoms with van der Waals surface area (Å²) in [7, 11) is 0. The molecule has 7 heteroatoms. The van der Waals surface area contributed by atoms with Gasteiger partial charge in [-0.2, -0.15) is 0 Å². The third-order valence-electron chi connectivity index (χ3n) is 3.82. The van der Waals surface area contributed by atoms with Crippen molar-refractivity contribution in [1.29, 1.82) is 0 Å². The minimum atomic E-state index is 0.450. The molecule has 0 aliphatic carbocycles. The highest BCUT2D eigenvalue weighted by atomic mass is 32.1. The van der Waals surface area contributed by atoms with E-state index in [9.17, 15) is 0 Å². The van der Waals surface area contributed by atoms with Crippen LogP contribution in [0.4, 0.5) is 5.69 Å². The molecular weight excluding hydrogens is 348 g/mol. The fourth-order valence-electron chi connectivity index (χ4n) is 2.51. The molecule has 1 aliphatic rings. The summed E-state index contributed by atoms with van der Waals surface area (Å²) in [5.41, 5.74) is 1.91. The number of nitrogens with one attached hydrogen (secondary N) is 2. The van der Waals surface area contributed by atoms with Gasteiger partial charge < -0.3 is 20.1 Å². The Morgan fingerprint density at radius 1 is 1.27 bits per heavy atom. The molecule has 0 radical (unpaired) electrons. The number of nitrogens with zero attached hydrogens (tertiary/aromatic N) is 2. The van der Waals surface area contributed by atoms with Crippen LogP contribution < -0.4 is 20.1 Å². The zero-order valence-electron chi connectivity index (χ0n) is 15.5. The summed E-state index contributed by atoms with van der Waals surface area (Å²) in [6, 6.07) is 5.86. The number of aliphatic imine (C=N–C) groups is 1. The first-order valence-electron chi connectivity index (χ1n) is 9.05. The largest absolute Gasteiger partial charge is 0.490 e. The van der Waals surface area contributed by atoms with Crippen LogP contribution in [0.2, 0.25) is 0 Å². The number of fused-ring (bicyclic) bond motifs is 1. The Morgan fingerprint density at radius 3 is 2.81 bits per heavy atom. The molecular formula is C19H26N4O2S. The van der Waals surface area contributed by atoms with Crippen molar-refractivity contribution in [2.24, 2.45) is 4.99 Å². The van der Waals surface area contributed by atoms with Crippen LogP contribution in [0.25, 0.3) is 0 Å². The van der Waals surface area contributed by atoms with Crippen LogP contribution >= 0.6 is 11.3 Å². The number of benzene rings is 1. The third-order valence-corrected chi connectivity index (χ3v) is 5.01. The summed E-state index contributed by atoms with van der Waals surface area (Å²) in [6.07, 6.45) is 0.896. The van der Waals surface area contributed by atoms with Crippen LogP contribution in [0.3, 0.4) is 0 Å². The highest BCUT2D eigenvalue weighted by Gasteiger charge is 2.11. The predicted molar refractivity (Wildman–Crippen MR) is 107 cm³/mol. The van der Waals surface area contributed by atoms with Crippen molar-refractivity contribution in [3.8, 4) is 11.5 Å². The Bertz CT molecular complexity index is 758. The molecule has 1 aromatic carbocycles. The molecule has 2 aromatic rings. The van der Waals surface area contributed by atoms with Gasteiger partial charge >= 0.3 is 0 Å². The van der Waals surface area contributed by atoms with E-state index in [2.05, 4.69) is 39.8 Å². The van der Waals surface area contributed by atoms with Crippen LogP contribution in [0.5, 0.6) is 11.5 Å². The lowest BCUT2D eigenvalue weighted by atomic mass is 10.2. The van der Waals surface area contributed by atoms with Crippen molar-refractivity contribution in [2.75, 3.05) is 25.1 Å². The van der Waals surface area contributed by atoms with Gasteiger partial charge in [-0.3, -0.25) is 0 Å². The summed E-state index contributed by atoms with van der Waals surface area (Å²) in [5.74, 6) is 2.73. The minimum Gasteiger partial charge on any atom is -0.490 e. The van der Waals surface area contributed by atoms with Gasteiger partial charge in [-0.05, 0) is 19.1 Å². The van der Waals surface area contributed by atoms with E-state index in [-0.39, 0.29) is 0 Å². The zero-order valence-corrected chi connectivity index (χ0v) is 16.4. The molecule has 3 rings (SSSR count). The molecule has 0 spiro atoms. The Kier molecular flexibility index (Phi) is 6.33. The van der Waals surface area contributed by atoms with Crippen LogP contribution in [-0.4, -0.2) is 30.7 Å². The van der Waals surface area contributed by atoms with E-state index >= 15 is 0 Å². The van der Waals surface area contributed by atoms with Gasteiger partial charge in [-0.15, -0.1) is 11.3 Å². The molecule has 0 atom stereocenters. The number of thiazole rings is 1. The molecule has 1 aromatic heterocycles. The van der Waals surface area contributed by atoms with Gasteiger partial charge in [0.25, 0.3) is 0 Å². The number of hydrogen-bond donors (Lipinski definition) is 2. The Labute approximate surface area is 158 Å². The third kappa shape index (κ3) is 4.88. The van der Waals surface area contributed by atoms with Crippen molar-refractivity contribution in [3.05, 3.63) is 34.3 Å². The smallest absolute Gasteiger partial charge is 0.196 e. The van der Waals surface area contributed by atoms with Crippen molar-refractivity contribution < 1.29 is 9.47 Å². The van der Waals surface area contributed by atoms with E-state index < -0.39 is 0 Å². The first-order valence-corrected chi connectivity index (χ1v) is 9.93. The molecule has 0 saturated heterocycles. The summed E-state index contributed by atoms with van der Waals surface area (Å²) >= 11 is 1.69. The number of aromatic nitrogens is 1. The number of hydrogen-bond acceptors (Lipinski definition) is 5. The highest BCUT2D eigenvalue weighted by molar-refractivity contribution is 7.09. The molecule has 0 unspecified atom stereocenters. The highest BCUT2D eigenvalue weighted by Crippen LogP contribution is 2.32. The van der Waals surface area contributed by atoms with Crippen LogP contribution in [0, 0.1) is 0 Å². The number of anilines is 1. The monoisotopic (exact) mass is 374 g/mol. The summed E-state index contributed by atoms with van der Waals surface area (Å²) in [5, 5.41) is 9.82. The maximum Gasteiger partial charge on any atom is 0.196 e. The van der Waals surface area contributed by atoms with Gasteiger partial charge in [0.15, 0.2) is 17.5 Å². The quantitative estimate of drug-likeness (QED) is 0.611. The van der Waals surface area contributed by atoms with E-state index in [4.69, 9.17) is 9.47 Å². The first-order chi connectivity index (χ1) is 12.7. The van der Waals surface area contributed by atoms with E-state index in [1.165, 1.54) is 0 Å². The molecule has 26 heavy (non-hydrogen) atoms. The van der Waals surface area contributed by atoms with Gasteiger partial charge in [0.1, 0.15) is 0 Å². The number of rotatable bonds is 5. The molecule has 0 amide bonds. The number of ether oxygens (including phenoxy) is 2. The molecule has 140 valence electrons. The van der Waals surface area contributed by atoms with Crippen LogP contribution in [-0.2, 0) is 6.54 Å². The zero-order chi connectivity index (χ0) is 18.4. The van der Waals surface area contributed by atoms with E-state index in [0.717, 1.165) is 46.8 Å². The van der Waals surface area contributed by atoms with Crippen molar-refractivity contribution in [3.63, 3.8) is 0 Å². The lowest BCUT2D eigenvalue weighted by molar-refractivity contribution is 0.297. The number of guanidine groups is 1. The normalized spacial score (nSPS) is 14.2. The molecule has 0 bridgehead atoms. The van der Waals surface area contributed by atoms with E-state index in [1.807, 2.05) is 25.1 Å². The second kappa shape index (κ2) is 8.89. The second-order valence-corrected chi connectivity index (χ2v) is 7.25. The fraction of sp³-hybridized carbons (Fsp3) is 0.474. The lowest BCUT2D eigenvalue weighted by Crippen LogP contribution is -2.30. The molecule has 6 nitrogen and oxygen atoms in total. The summed E-state index contributed by atoms with van der Waals surface area (Å²) in [6.45, 7) is 9.05. The standard InChI is InChI=1S/C19H26N4O2S/c1-4-20-19(21-11-15-12-26-18(22-15)13(2)3)23-14-6-7-16-17(10-14)25-9-5-8-24-16/h6-7,10,12-13H,4-5,8-9,11H2,1-3H3,(H2,20,21,23). The van der Waals surface area contributed by atoms with Gasteiger partial charge in [-0.1, -0.05) is 13.8 Å². The van der Waals surface area contributed by atoms with Crippen LogP contribution in [0.1, 0.15) is 43.8 Å². The SMILES string of the molecule is CCNC(=NCc1csc(C(C)C)n1)Nc1ccc2c(c1)OCCCO2. The lowest BCUT2D eigenvalue weighted by Gasteiger charge is -2.13. The predicted octanol–water partition coefficient (Wildman–Crippen LogP) is 4.01. The minimum absolute atomic E-state index is 0.450. The van der Waals surface area contributed by atoms with Gasteiger partial charge in [0.05, 0.1) is 30.5 Å². The Morgan fingerprint density at radius 2 is 2.08 bits per heavy atom. The fourth-order valence-corrected chi connectivity index (χ4v) is 3.33. The average Bonchev–Trinajstić information content (AvgIpc) is 2.98. The Balaban J connectivity index is 1.70. The topological polar surface area (TPSA) is 67.8 Å². The van der Waals surface area contributed by atoms with Gasteiger partial charge in [0.2, 0.25) is 0 Å². The van der Waals surface area contributed by atoms with Crippen LogP contribution in [0.15, 0.2) is 28.6 Å². The Hall–Kier alpha value is -2.28. The van der Waals surface area contributed by atoms with Crippen molar-refractivity contribution >= 4 is 23.0 Å². The first kappa shape index (κ1) is 18.5.